The topological polar surface area (TPSA) is 32.3 Å². The van der Waals surface area contributed by atoms with Gasteiger partial charge in [0.25, 0.3) is 0 Å². The Hall–Kier alpha value is -0.570. The van der Waals surface area contributed by atoms with Gasteiger partial charge in [0, 0.05) is 13.1 Å². The zero-order valence-corrected chi connectivity index (χ0v) is 12.2. The number of likely N-dealkylation sites (N-methyl/N-ethyl adjacent to an activating group) is 1. The van der Waals surface area contributed by atoms with Gasteiger partial charge in [0.05, 0.1) is 6.04 Å². The van der Waals surface area contributed by atoms with Crippen LogP contribution >= 0.6 is 0 Å². The number of piperidine rings is 1. The molecule has 1 N–H and O–H groups in total. The minimum absolute atomic E-state index is 0.0821. The molecule has 18 heavy (non-hydrogen) atoms. The quantitative estimate of drug-likeness (QED) is 0.819. The van der Waals surface area contributed by atoms with Crippen LogP contribution in [0, 0.1) is 5.41 Å². The molecule has 1 unspecified atom stereocenters. The summed E-state index contributed by atoms with van der Waals surface area (Å²) in [6.45, 7) is 5.68. The summed E-state index contributed by atoms with van der Waals surface area (Å²) >= 11 is 0. The lowest BCUT2D eigenvalue weighted by Gasteiger charge is -2.40. The summed E-state index contributed by atoms with van der Waals surface area (Å²) in [6.07, 6.45) is 8.24. The Balaban J connectivity index is 1.87. The Bertz CT molecular complexity index is 285. The van der Waals surface area contributed by atoms with Crippen LogP contribution in [-0.2, 0) is 4.79 Å². The third kappa shape index (κ3) is 3.25. The largest absolute Gasteiger partial charge is 0.341 e. The predicted octanol–water partition coefficient (Wildman–Crippen LogP) is 2.56. The summed E-state index contributed by atoms with van der Waals surface area (Å²) in [6, 6.07) is 0.549. The molecule has 1 amide bonds. The van der Waals surface area contributed by atoms with Crippen LogP contribution < -0.4 is 5.32 Å². The molecule has 104 valence electrons. The maximum atomic E-state index is 12.4. The standard InChI is InChI=1S/C15H28N2O/c1-15(2)9-7-12(8-10-15)17(3)14(18)13-6-4-5-11-16-13/h12-13,16H,4-11H2,1-3H3. The molecule has 0 spiro atoms. The lowest BCUT2D eigenvalue weighted by Crippen LogP contribution is -2.51. The molecule has 2 aliphatic rings. The summed E-state index contributed by atoms with van der Waals surface area (Å²) in [5.74, 6) is 0.319. The Labute approximate surface area is 111 Å². The monoisotopic (exact) mass is 252 g/mol. The average Bonchev–Trinajstić information content (AvgIpc) is 2.38. The van der Waals surface area contributed by atoms with Gasteiger partial charge in [-0.2, -0.15) is 0 Å². The van der Waals surface area contributed by atoms with Crippen LogP contribution in [0.3, 0.4) is 0 Å². The fourth-order valence-corrected chi connectivity index (χ4v) is 3.26. The smallest absolute Gasteiger partial charge is 0.239 e. The van der Waals surface area contributed by atoms with Crippen molar-refractivity contribution < 1.29 is 4.79 Å². The first kappa shape index (κ1) is 13.9. The van der Waals surface area contributed by atoms with E-state index in [9.17, 15) is 4.79 Å². The molecule has 0 radical (unpaired) electrons. The maximum Gasteiger partial charge on any atom is 0.239 e. The Kier molecular flexibility index (Phi) is 4.31. The number of rotatable bonds is 2. The molecule has 0 aromatic carbocycles. The van der Waals surface area contributed by atoms with Crippen LogP contribution in [-0.4, -0.2) is 36.5 Å². The zero-order valence-electron chi connectivity index (χ0n) is 12.2. The predicted molar refractivity (Wildman–Crippen MR) is 74.4 cm³/mol. The van der Waals surface area contributed by atoms with Crippen molar-refractivity contribution in [3.05, 3.63) is 0 Å². The van der Waals surface area contributed by atoms with Gasteiger partial charge in [-0.25, -0.2) is 0 Å². The average molecular weight is 252 g/mol. The van der Waals surface area contributed by atoms with Crippen molar-refractivity contribution in [3.8, 4) is 0 Å². The highest BCUT2D eigenvalue weighted by Crippen LogP contribution is 2.36. The number of carbonyl (C=O) groups excluding carboxylic acids is 1. The molecular weight excluding hydrogens is 224 g/mol. The second-order valence-corrected chi connectivity index (χ2v) is 6.85. The van der Waals surface area contributed by atoms with E-state index in [1.807, 2.05) is 11.9 Å². The molecule has 2 rings (SSSR count). The van der Waals surface area contributed by atoms with Gasteiger partial charge in [0.1, 0.15) is 0 Å². The van der Waals surface area contributed by atoms with E-state index in [1.54, 1.807) is 0 Å². The molecule has 1 saturated heterocycles. The third-order valence-electron chi connectivity index (χ3n) is 4.81. The normalized spacial score (nSPS) is 28.9. The van der Waals surface area contributed by atoms with Gasteiger partial charge in [-0.05, 0) is 50.5 Å². The van der Waals surface area contributed by atoms with Crippen molar-refractivity contribution in [2.75, 3.05) is 13.6 Å². The molecule has 3 nitrogen and oxygen atoms in total. The molecule has 0 bridgehead atoms. The number of carbonyl (C=O) groups is 1. The minimum Gasteiger partial charge on any atom is -0.341 e. The van der Waals surface area contributed by atoms with E-state index >= 15 is 0 Å². The van der Waals surface area contributed by atoms with E-state index in [0.717, 1.165) is 13.0 Å². The number of amides is 1. The molecule has 1 heterocycles. The van der Waals surface area contributed by atoms with Crippen LogP contribution in [0.1, 0.15) is 58.8 Å². The Morgan fingerprint density at radius 3 is 2.39 bits per heavy atom. The Morgan fingerprint density at radius 2 is 1.83 bits per heavy atom. The summed E-state index contributed by atoms with van der Waals surface area (Å²) in [4.78, 5) is 14.4. The van der Waals surface area contributed by atoms with Crippen LogP contribution in [0.15, 0.2) is 0 Å². The lowest BCUT2D eigenvalue weighted by atomic mass is 9.75. The van der Waals surface area contributed by atoms with Crippen molar-refractivity contribution in [1.29, 1.82) is 0 Å². The zero-order chi connectivity index (χ0) is 13.2. The molecule has 1 saturated carbocycles. The summed E-state index contributed by atoms with van der Waals surface area (Å²) in [5, 5.41) is 3.36. The molecular formula is C15H28N2O. The highest BCUT2D eigenvalue weighted by Gasteiger charge is 2.33. The minimum atomic E-state index is 0.0821. The molecule has 1 aliphatic carbocycles. The fraction of sp³-hybridized carbons (Fsp3) is 0.933. The van der Waals surface area contributed by atoms with Crippen LogP contribution in [0.5, 0.6) is 0 Å². The van der Waals surface area contributed by atoms with Gasteiger partial charge in [-0.3, -0.25) is 4.79 Å². The second-order valence-electron chi connectivity index (χ2n) is 6.85. The third-order valence-corrected chi connectivity index (χ3v) is 4.81. The summed E-state index contributed by atoms with van der Waals surface area (Å²) in [5.41, 5.74) is 0.476. The van der Waals surface area contributed by atoms with Gasteiger partial charge < -0.3 is 10.2 Å². The van der Waals surface area contributed by atoms with Crippen LogP contribution in [0.2, 0.25) is 0 Å². The molecule has 0 aromatic rings. The van der Waals surface area contributed by atoms with Crippen molar-refractivity contribution >= 4 is 5.91 Å². The van der Waals surface area contributed by atoms with Crippen molar-refractivity contribution in [2.45, 2.75) is 70.9 Å². The van der Waals surface area contributed by atoms with Crippen LogP contribution in [0.25, 0.3) is 0 Å². The van der Waals surface area contributed by atoms with E-state index in [-0.39, 0.29) is 6.04 Å². The highest BCUT2D eigenvalue weighted by atomic mass is 16.2. The summed E-state index contributed by atoms with van der Waals surface area (Å²) < 4.78 is 0. The van der Waals surface area contributed by atoms with Crippen molar-refractivity contribution in [2.24, 2.45) is 5.41 Å². The first-order chi connectivity index (χ1) is 8.49. The van der Waals surface area contributed by atoms with E-state index in [0.29, 0.717) is 17.4 Å². The first-order valence-electron chi connectivity index (χ1n) is 7.50. The molecule has 3 heteroatoms. The first-order valence-corrected chi connectivity index (χ1v) is 7.50. The number of hydrogen-bond acceptors (Lipinski definition) is 2. The molecule has 1 aliphatic heterocycles. The molecule has 0 aromatic heterocycles. The number of hydrogen-bond donors (Lipinski definition) is 1. The highest BCUT2D eigenvalue weighted by molar-refractivity contribution is 5.82. The van der Waals surface area contributed by atoms with E-state index in [1.165, 1.54) is 38.5 Å². The van der Waals surface area contributed by atoms with Gasteiger partial charge in [0.2, 0.25) is 5.91 Å². The van der Waals surface area contributed by atoms with Gasteiger partial charge in [-0.1, -0.05) is 20.3 Å². The fourth-order valence-electron chi connectivity index (χ4n) is 3.26. The van der Waals surface area contributed by atoms with E-state index in [4.69, 9.17) is 0 Å². The van der Waals surface area contributed by atoms with E-state index in [2.05, 4.69) is 19.2 Å². The van der Waals surface area contributed by atoms with Gasteiger partial charge in [-0.15, -0.1) is 0 Å². The van der Waals surface area contributed by atoms with Crippen molar-refractivity contribution in [1.82, 2.24) is 10.2 Å². The number of nitrogens with one attached hydrogen (secondary N) is 1. The summed E-state index contributed by atoms with van der Waals surface area (Å²) in [7, 11) is 2.00. The number of nitrogens with zero attached hydrogens (tertiary/aromatic N) is 1. The maximum absolute atomic E-state index is 12.4. The lowest BCUT2D eigenvalue weighted by molar-refractivity contribution is -0.135. The van der Waals surface area contributed by atoms with Crippen molar-refractivity contribution in [3.63, 3.8) is 0 Å². The van der Waals surface area contributed by atoms with Crippen LogP contribution in [0.4, 0.5) is 0 Å². The Morgan fingerprint density at radius 1 is 1.17 bits per heavy atom. The van der Waals surface area contributed by atoms with Gasteiger partial charge in [0.15, 0.2) is 0 Å². The van der Waals surface area contributed by atoms with E-state index < -0.39 is 0 Å². The van der Waals surface area contributed by atoms with Gasteiger partial charge >= 0.3 is 0 Å². The molecule has 2 fully saturated rings. The second kappa shape index (κ2) is 5.60. The molecule has 1 atom stereocenters. The SMILES string of the molecule is CN(C(=O)C1CCCCN1)C1CCC(C)(C)CC1.